The third-order valence-corrected chi connectivity index (χ3v) is 5.80. The molecule has 0 saturated heterocycles. The van der Waals surface area contributed by atoms with Gasteiger partial charge in [0, 0.05) is 4.75 Å². The van der Waals surface area contributed by atoms with E-state index in [0.717, 1.165) is 6.54 Å². The number of carboxylic acids is 1. The van der Waals surface area contributed by atoms with Crippen LogP contribution in [0.1, 0.15) is 32.1 Å². The molecule has 6 nitrogen and oxygen atoms in total. The summed E-state index contributed by atoms with van der Waals surface area (Å²) in [6.45, 7) is 0.767. The van der Waals surface area contributed by atoms with Crippen molar-refractivity contribution in [2.24, 2.45) is 0 Å². The number of rotatable bonds is 6. The van der Waals surface area contributed by atoms with E-state index < -0.39 is 5.97 Å². The number of nitrogens with zero attached hydrogens (tertiary/aromatic N) is 4. The molecular formula is C11H18N4O2S2. The highest BCUT2D eigenvalue weighted by molar-refractivity contribution is 8.00. The number of hydrogen-bond donors (Lipinski definition) is 1. The van der Waals surface area contributed by atoms with Crippen LogP contribution in [0.4, 0.5) is 0 Å². The summed E-state index contributed by atoms with van der Waals surface area (Å²) in [6, 6.07) is 0. The highest BCUT2D eigenvalue weighted by Crippen LogP contribution is 2.40. The fourth-order valence-corrected chi connectivity index (χ4v) is 3.97. The Kier molecular flexibility index (Phi) is 5.09. The summed E-state index contributed by atoms with van der Waals surface area (Å²) in [5.41, 5.74) is 0. The SMILES string of the molecule is CSC1(Cn2nnnc2SCC(=O)O)CCCCC1. The summed E-state index contributed by atoms with van der Waals surface area (Å²) in [6.07, 6.45) is 8.30. The molecule has 0 radical (unpaired) electrons. The molecule has 106 valence electrons. The zero-order chi connectivity index (χ0) is 13.7. The smallest absolute Gasteiger partial charge is 0.313 e. The Balaban J connectivity index is 2.05. The highest BCUT2D eigenvalue weighted by Gasteiger charge is 2.33. The molecule has 1 aliphatic rings. The summed E-state index contributed by atoms with van der Waals surface area (Å²) in [7, 11) is 0. The maximum absolute atomic E-state index is 10.6. The number of tetrazole rings is 1. The lowest BCUT2D eigenvalue weighted by atomic mass is 9.88. The number of hydrogen-bond acceptors (Lipinski definition) is 6. The average Bonchev–Trinajstić information content (AvgIpc) is 2.84. The van der Waals surface area contributed by atoms with Crippen molar-refractivity contribution in [1.82, 2.24) is 20.2 Å². The van der Waals surface area contributed by atoms with Crippen molar-refractivity contribution in [2.75, 3.05) is 12.0 Å². The van der Waals surface area contributed by atoms with E-state index in [0.29, 0.717) is 5.16 Å². The monoisotopic (exact) mass is 302 g/mol. The number of carboxylic acid groups (broad SMARTS) is 1. The first-order valence-electron chi connectivity index (χ1n) is 6.31. The van der Waals surface area contributed by atoms with Crippen molar-refractivity contribution in [3.05, 3.63) is 0 Å². The van der Waals surface area contributed by atoms with Gasteiger partial charge in [0.1, 0.15) is 0 Å². The van der Waals surface area contributed by atoms with Gasteiger partial charge in [-0.3, -0.25) is 4.79 Å². The molecule has 1 aromatic rings. The summed E-state index contributed by atoms with van der Waals surface area (Å²) < 4.78 is 1.96. The van der Waals surface area contributed by atoms with Crippen LogP contribution in [0.5, 0.6) is 0 Å². The maximum Gasteiger partial charge on any atom is 0.313 e. The second-order valence-corrected chi connectivity index (χ2v) is 6.97. The van der Waals surface area contributed by atoms with E-state index in [4.69, 9.17) is 5.11 Å². The van der Waals surface area contributed by atoms with Crippen molar-refractivity contribution < 1.29 is 9.90 Å². The lowest BCUT2D eigenvalue weighted by molar-refractivity contribution is -0.133. The molecule has 8 heteroatoms. The van der Waals surface area contributed by atoms with Crippen LogP contribution < -0.4 is 0 Å². The molecular weight excluding hydrogens is 284 g/mol. The maximum atomic E-state index is 10.6. The summed E-state index contributed by atoms with van der Waals surface area (Å²) >= 11 is 3.06. The molecule has 0 spiro atoms. The largest absolute Gasteiger partial charge is 0.481 e. The van der Waals surface area contributed by atoms with Crippen LogP contribution in [-0.2, 0) is 11.3 Å². The van der Waals surface area contributed by atoms with Gasteiger partial charge in [-0.05, 0) is 29.5 Å². The van der Waals surface area contributed by atoms with E-state index in [1.54, 1.807) is 4.68 Å². The molecule has 1 aromatic heterocycles. The highest BCUT2D eigenvalue weighted by atomic mass is 32.2. The molecule has 0 atom stereocenters. The lowest BCUT2D eigenvalue weighted by Gasteiger charge is -2.35. The Bertz CT molecular complexity index is 432. The molecule has 1 heterocycles. The minimum atomic E-state index is -0.850. The molecule has 19 heavy (non-hydrogen) atoms. The van der Waals surface area contributed by atoms with Gasteiger partial charge in [0.05, 0.1) is 12.3 Å². The third-order valence-electron chi connectivity index (χ3n) is 3.46. The Labute approximate surface area is 120 Å². The molecule has 0 amide bonds. The zero-order valence-corrected chi connectivity index (χ0v) is 12.5. The van der Waals surface area contributed by atoms with E-state index in [2.05, 4.69) is 21.8 Å². The zero-order valence-electron chi connectivity index (χ0n) is 10.9. The van der Waals surface area contributed by atoms with Crippen LogP contribution >= 0.6 is 23.5 Å². The van der Waals surface area contributed by atoms with E-state index in [1.807, 2.05) is 11.8 Å². The molecule has 1 fully saturated rings. The van der Waals surface area contributed by atoms with Crippen LogP contribution in [0.25, 0.3) is 0 Å². The predicted molar refractivity (Wildman–Crippen MR) is 75.5 cm³/mol. The van der Waals surface area contributed by atoms with Gasteiger partial charge in [-0.15, -0.1) is 5.10 Å². The second kappa shape index (κ2) is 6.60. The Hall–Kier alpha value is -0.760. The molecule has 2 rings (SSSR count). The Morgan fingerprint density at radius 3 is 2.79 bits per heavy atom. The minimum absolute atomic E-state index is 0.00730. The van der Waals surface area contributed by atoms with Gasteiger partial charge < -0.3 is 5.11 Å². The van der Waals surface area contributed by atoms with Crippen LogP contribution in [-0.4, -0.2) is 48.0 Å². The van der Waals surface area contributed by atoms with Gasteiger partial charge in [-0.1, -0.05) is 31.0 Å². The first-order chi connectivity index (χ1) is 9.15. The molecule has 0 bridgehead atoms. The summed E-state index contributed by atoms with van der Waals surface area (Å²) in [5, 5.41) is 20.9. The van der Waals surface area contributed by atoms with Crippen LogP contribution in [0.2, 0.25) is 0 Å². The van der Waals surface area contributed by atoms with Crippen LogP contribution in [0.15, 0.2) is 5.16 Å². The van der Waals surface area contributed by atoms with Crippen molar-refractivity contribution in [2.45, 2.75) is 48.6 Å². The van der Waals surface area contributed by atoms with Gasteiger partial charge in [0.2, 0.25) is 5.16 Å². The van der Waals surface area contributed by atoms with Gasteiger partial charge in [-0.2, -0.15) is 11.8 Å². The normalized spacial score (nSPS) is 18.4. The van der Waals surface area contributed by atoms with Crippen molar-refractivity contribution in [1.29, 1.82) is 0 Å². The fourth-order valence-electron chi connectivity index (χ4n) is 2.42. The fraction of sp³-hybridized carbons (Fsp3) is 0.818. The lowest BCUT2D eigenvalue weighted by Crippen LogP contribution is -2.33. The Morgan fingerprint density at radius 2 is 2.16 bits per heavy atom. The number of aliphatic carboxylic acids is 1. The Morgan fingerprint density at radius 1 is 1.42 bits per heavy atom. The molecule has 0 aromatic carbocycles. The first-order valence-corrected chi connectivity index (χ1v) is 8.52. The van der Waals surface area contributed by atoms with E-state index >= 15 is 0 Å². The molecule has 1 aliphatic carbocycles. The topological polar surface area (TPSA) is 80.9 Å². The predicted octanol–water partition coefficient (Wildman–Crippen LogP) is 1.92. The second-order valence-electron chi connectivity index (χ2n) is 4.75. The molecule has 1 saturated carbocycles. The summed E-state index contributed by atoms with van der Waals surface area (Å²) in [4.78, 5) is 10.6. The molecule has 1 N–H and O–H groups in total. The standard InChI is InChI=1S/C11H18N4O2S2/c1-18-11(5-3-2-4-6-11)8-15-10(12-13-14-15)19-7-9(16)17/h2-8H2,1H3,(H,16,17). The van der Waals surface area contributed by atoms with Crippen molar-refractivity contribution in [3.8, 4) is 0 Å². The van der Waals surface area contributed by atoms with Gasteiger partial charge in [0.25, 0.3) is 0 Å². The van der Waals surface area contributed by atoms with Crippen LogP contribution in [0.3, 0.4) is 0 Å². The number of carbonyl (C=O) groups is 1. The van der Waals surface area contributed by atoms with Gasteiger partial charge >= 0.3 is 5.97 Å². The van der Waals surface area contributed by atoms with E-state index in [1.165, 1.54) is 43.9 Å². The van der Waals surface area contributed by atoms with Crippen molar-refractivity contribution in [3.63, 3.8) is 0 Å². The van der Waals surface area contributed by atoms with Gasteiger partial charge in [0.15, 0.2) is 0 Å². The third kappa shape index (κ3) is 3.85. The first kappa shape index (κ1) is 14.6. The van der Waals surface area contributed by atoms with E-state index in [-0.39, 0.29) is 10.5 Å². The minimum Gasteiger partial charge on any atom is -0.481 e. The number of aromatic nitrogens is 4. The molecule has 0 unspecified atom stereocenters. The summed E-state index contributed by atoms with van der Waals surface area (Å²) in [5.74, 6) is -0.857. The van der Waals surface area contributed by atoms with Crippen LogP contribution in [0, 0.1) is 0 Å². The number of thioether (sulfide) groups is 2. The quantitative estimate of drug-likeness (QED) is 0.804. The van der Waals surface area contributed by atoms with E-state index in [9.17, 15) is 4.79 Å². The van der Waals surface area contributed by atoms with Gasteiger partial charge in [-0.25, -0.2) is 4.68 Å². The van der Waals surface area contributed by atoms with Crippen molar-refractivity contribution >= 4 is 29.5 Å². The molecule has 0 aliphatic heterocycles. The average molecular weight is 302 g/mol.